The predicted octanol–water partition coefficient (Wildman–Crippen LogP) is 2.88. The van der Waals surface area contributed by atoms with Crippen LogP contribution in [0.5, 0.6) is 0 Å². The van der Waals surface area contributed by atoms with E-state index in [4.69, 9.17) is 4.52 Å². The lowest BCUT2D eigenvalue weighted by Gasteiger charge is -2.36. The number of benzene rings is 1. The fourth-order valence-electron chi connectivity index (χ4n) is 3.45. The fourth-order valence-corrected chi connectivity index (χ4v) is 3.45. The summed E-state index contributed by atoms with van der Waals surface area (Å²) < 4.78 is 5.15. The van der Waals surface area contributed by atoms with E-state index in [0.717, 1.165) is 36.2 Å². The molecule has 1 aliphatic rings. The smallest absolute Gasteiger partial charge is 0.257 e. The number of pyridine rings is 1. The molecule has 1 fully saturated rings. The lowest BCUT2D eigenvalue weighted by Crippen LogP contribution is -2.48. The molecule has 134 valence electrons. The zero-order chi connectivity index (χ0) is 18.1. The van der Waals surface area contributed by atoms with E-state index in [1.54, 1.807) is 6.20 Å². The number of aryl methyl sites for hydroxylation is 2. The highest BCUT2D eigenvalue weighted by Gasteiger charge is 2.29. The van der Waals surface area contributed by atoms with Crippen LogP contribution < -0.4 is 5.32 Å². The van der Waals surface area contributed by atoms with Gasteiger partial charge in [0.05, 0.1) is 22.7 Å². The van der Waals surface area contributed by atoms with Gasteiger partial charge in [-0.15, -0.1) is 0 Å². The zero-order valence-electron chi connectivity index (χ0n) is 15.0. The van der Waals surface area contributed by atoms with Crippen molar-refractivity contribution in [2.24, 2.45) is 0 Å². The molecule has 1 unspecified atom stereocenters. The first-order valence-corrected chi connectivity index (χ1v) is 9.00. The lowest BCUT2D eigenvalue weighted by atomic mass is 10.00. The van der Waals surface area contributed by atoms with Crippen LogP contribution in [-0.2, 0) is 6.42 Å². The largest absolute Gasteiger partial charge is 0.336 e. The van der Waals surface area contributed by atoms with Gasteiger partial charge in [0, 0.05) is 25.8 Å². The van der Waals surface area contributed by atoms with Gasteiger partial charge in [0.15, 0.2) is 0 Å². The third-order valence-corrected chi connectivity index (χ3v) is 5.03. The minimum absolute atomic E-state index is 0.00827. The first kappa shape index (κ1) is 16.7. The van der Waals surface area contributed by atoms with Gasteiger partial charge >= 0.3 is 0 Å². The minimum atomic E-state index is -0.00827. The topological polar surface area (TPSA) is 71.3 Å². The molecule has 2 aromatic heterocycles. The van der Waals surface area contributed by atoms with Crippen LogP contribution in [0.15, 0.2) is 41.1 Å². The van der Waals surface area contributed by atoms with Crippen LogP contribution in [-0.4, -0.2) is 40.6 Å². The molecule has 1 atom stereocenters. The average Bonchev–Trinajstić information content (AvgIpc) is 3.08. The van der Waals surface area contributed by atoms with E-state index in [0.29, 0.717) is 17.8 Å². The van der Waals surface area contributed by atoms with Crippen molar-refractivity contribution in [3.05, 3.63) is 58.9 Å². The van der Waals surface area contributed by atoms with Crippen molar-refractivity contribution in [1.29, 1.82) is 0 Å². The maximum atomic E-state index is 13.2. The van der Waals surface area contributed by atoms with Crippen LogP contribution in [0.2, 0.25) is 0 Å². The standard InChI is InChI=1S/C20H22N4O2/c1-3-14-4-6-15(7-5-14)18-12-21-8-9-24(18)20(25)16-10-17-13(2)23-26-19(17)22-11-16/h4-7,10-11,18,21H,3,8-9,12H2,1-2H3. The number of nitrogens with one attached hydrogen (secondary N) is 1. The number of hydrogen-bond donors (Lipinski definition) is 1. The van der Waals surface area contributed by atoms with Gasteiger partial charge in [-0.2, -0.15) is 0 Å². The molecule has 1 saturated heterocycles. The molecule has 4 rings (SSSR count). The van der Waals surface area contributed by atoms with Gasteiger partial charge in [-0.25, -0.2) is 4.98 Å². The normalized spacial score (nSPS) is 17.6. The zero-order valence-corrected chi connectivity index (χ0v) is 15.0. The second-order valence-electron chi connectivity index (χ2n) is 6.66. The van der Waals surface area contributed by atoms with Gasteiger partial charge in [0.2, 0.25) is 0 Å². The summed E-state index contributed by atoms with van der Waals surface area (Å²) in [4.78, 5) is 19.4. The number of fused-ring (bicyclic) bond motifs is 1. The predicted molar refractivity (Wildman–Crippen MR) is 99.0 cm³/mol. The Labute approximate surface area is 152 Å². The third kappa shape index (κ3) is 2.97. The molecule has 3 heterocycles. The van der Waals surface area contributed by atoms with E-state index in [1.807, 2.05) is 17.9 Å². The molecule has 1 amide bonds. The number of amides is 1. The van der Waals surface area contributed by atoms with Crippen molar-refractivity contribution >= 4 is 17.0 Å². The summed E-state index contributed by atoms with van der Waals surface area (Å²) in [6.45, 7) is 6.20. The molecule has 6 nitrogen and oxygen atoms in total. The first-order chi connectivity index (χ1) is 12.7. The van der Waals surface area contributed by atoms with Crippen molar-refractivity contribution in [1.82, 2.24) is 20.4 Å². The second-order valence-corrected chi connectivity index (χ2v) is 6.66. The van der Waals surface area contributed by atoms with Gasteiger partial charge in [0.1, 0.15) is 0 Å². The number of hydrogen-bond acceptors (Lipinski definition) is 5. The monoisotopic (exact) mass is 350 g/mol. The minimum Gasteiger partial charge on any atom is -0.336 e. The molecule has 0 spiro atoms. The van der Waals surface area contributed by atoms with Crippen LogP contribution >= 0.6 is 0 Å². The molecule has 0 radical (unpaired) electrons. The van der Waals surface area contributed by atoms with E-state index in [-0.39, 0.29) is 11.9 Å². The van der Waals surface area contributed by atoms with Crippen molar-refractivity contribution in [3.8, 4) is 0 Å². The molecule has 1 N–H and O–H groups in total. The van der Waals surface area contributed by atoms with Crippen LogP contribution in [0.1, 0.15) is 40.1 Å². The molecule has 1 aromatic carbocycles. The number of rotatable bonds is 3. The summed E-state index contributed by atoms with van der Waals surface area (Å²) in [5.74, 6) is -0.00827. The van der Waals surface area contributed by atoms with Crippen molar-refractivity contribution in [3.63, 3.8) is 0 Å². The highest BCUT2D eigenvalue weighted by molar-refractivity contribution is 5.97. The van der Waals surface area contributed by atoms with E-state index in [1.165, 1.54) is 5.56 Å². The highest BCUT2D eigenvalue weighted by Crippen LogP contribution is 2.26. The van der Waals surface area contributed by atoms with Gasteiger partial charge in [-0.3, -0.25) is 4.79 Å². The summed E-state index contributed by atoms with van der Waals surface area (Å²) in [6.07, 6.45) is 2.59. The Bertz CT molecular complexity index is 933. The Balaban J connectivity index is 1.65. The Hall–Kier alpha value is -2.73. The maximum absolute atomic E-state index is 13.2. The molecule has 6 heteroatoms. The van der Waals surface area contributed by atoms with E-state index in [2.05, 4.69) is 46.6 Å². The SMILES string of the molecule is CCc1ccc(C2CNCCN2C(=O)c2cnc3onc(C)c3c2)cc1. The average molecular weight is 350 g/mol. The van der Waals surface area contributed by atoms with Crippen molar-refractivity contribution < 1.29 is 9.32 Å². The lowest BCUT2D eigenvalue weighted by molar-refractivity contribution is 0.0634. The highest BCUT2D eigenvalue weighted by atomic mass is 16.5. The molecule has 0 aliphatic carbocycles. The van der Waals surface area contributed by atoms with Gasteiger partial charge in [-0.05, 0) is 30.5 Å². The Morgan fingerprint density at radius 1 is 1.35 bits per heavy atom. The van der Waals surface area contributed by atoms with Gasteiger partial charge < -0.3 is 14.7 Å². The van der Waals surface area contributed by atoms with Crippen molar-refractivity contribution in [2.75, 3.05) is 19.6 Å². The van der Waals surface area contributed by atoms with Crippen LogP contribution in [0.3, 0.4) is 0 Å². The number of aromatic nitrogens is 2. The molecule has 1 aliphatic heterocycles. The summed E-state index contributed by atoms with van der Waals surface area (Å²) in [5.41, 5.74) is 4.23. The van der Waals surface area contributed by atoms with Crippen molar-refractivity contribution in [2.45, 2.75) is 26.3 Å². The molecular weight excluding hydrogens is 328 g/mol. The fraction of sp³-hybridized carbons (Fsp3) is 0.350. The Morgan fingerprint density at radius 2 is 2.15 bits per heavy atom. The number of nitrogens with zero attached hydrogens (tertiary/aromatic N) is 3. The first-order valence-electron chi connectivity index (χ1n) is 9.00. The van der Waals surface area contributed by atoms with Crippen LogP contribution in [0.25, 0.3) is 11.1 Å². The maximum Gasteiger partial charge on any atom is 0.257 e. The number of carbonyl (C=O) groups is 1. The Morgan fingerprint density at radius 3 is 2.92 bits per heavy atom. The van der Waals surface area contributed by atoms with Crippen LogP contribution in [0, 0.1) is 6.92 Å². The Kier molecular flexibility index (Phi) is 4.42. The van der Waals surface area contributed by atoms with E-state index in [9.17, 15) is 4.79 Å². The number of piperazine rings is 1. The molecule has 0 saturated carbocycles. The van der Waals surface area contributed by atoms with Gasteiger partial charge in [-0.1, -0.05) is 36.3 Å². The van der Waals surface area contributed by atoms with E-state index < -0.39 is 0 Å². The number of carbonyl (C=O) groups excluding carboxylic acids is 1. The second kappa shape index (κ2) is 6.88. The molecule has 26 heavy (non-hydrogen) atoms. The van der Waals surface area contributed by atoms with E-state index >= 15 is 0 Å². The quantitative estimate of drug-likeness (QED) is 0.786. The third-order valence-electron chi connectivity index (χ3n) is 5.03. The van der Waals surface area contributed by atoms with Gasteiger partial charge in [0.25, 0.3) is 11.6 Å². The van der Waals surface area contributed by atoms with Crippen LogP contribution in [0.4, 0.5) is 0 Å². The summed E-state index contributed by atoms with van der Waals surface area (Å²) in [7, 11) is 0. The summed E-state index contributed by atoms with van der Waals surface area (Å²) in [5, 5.41) is 8.10. The molecular formula is C20H22N4O2. The summed E-state index contributed by atoms with van der Waals surface area (Å²) in [6, 6.07) is 10.4. The molecule has 3 aromatic rings. The summed E-state index contributed by atoms with van der Waals surface area (Å²) >= 11 is 0. The molecule has 0 bridgehead atoms.